The van der Waals surface area contributed by atoms with E-state index in [1.54, 1.807) is 0 Å². The highest BCUT2D eigenvalue weighted by Gasteiger charge is 2.21. The zero-order valence-electron chi connectivity index (χ0n) is 12.7. The van der Waals surface area contributed by atoms with Crippen molar-refractivity contribution in [3.63, 3.8) is 0 Å². The summed E-state index contributed by atoms with van der Waals surface area (Å²) in [5.74, 6) is 0. The molecule has 0 spiro atoms. The Balaban J connectivity index is 2.47. The molecular weight excluding hydrogens is 236 g/mol. The number of para-hydroxylation sites is 1. The number of aliphatic hydroxyl groups is 1. The molecule has 1 aromatic rings. The van der Waals surface area contributed by atoms with E-state index >= 15 is 0 Å². The highest BCUT2D eigenvalue weighted by atomic mass is 16.3. The summed E-state index contributed by atoms with van der Waals surface area (Å²) in [6, 6.07) is 8.45. The number of aryl methyl sites for hydroxylation is 1. The predicted molar refractivity (Wildman–Crippen MR) is 82.9 cm³/mol. The van der Waals surface area contributed by atoms with Crippen LogP contribution in [0.3, 0.4) is 0 Å². The van der Waals surface area contributed by atoms with Gasteiger partial charge in [0.2, 0.25) is 0 Å². The normalized spacial score (nSPS) is 14.2. The molecule has 0 radical (unpaired) electrons. The summed E-state index contributed by atoms with van der Waals surface area (Å²) >= 11 is 0. The van der Waals surface area contributed by atoms with Gasteiger partial charge in [0.25, 0.3) is 0 Å². The fourth-order valence-corrected chi connectivity index (χ4v) is 2.47. The van der Waals surface area contributed by atoms with Crippen molar-refractivity contribution < 1.29 is 5.11 Å². The van der Waals surface area contributed by atoms with Crippen LogP contribution in [-0.2, 0) is 0 Å². The molecule has 1 aromatic carbocycles. The summed E-state index contributed by atoms with van der Waals surface area (Å²) < 4.78 is 0. The van der Waals surface area contributed by atoms with Crippen LogP contribution in [0.1, 0.15) is 32.3 Å². The molecule has 19 heavy (non-hydrogen) atoms. The molecule has 0 aliphatic rings. The van der Waals surface area contributed by atoms with Crippen LogP contribution in [-0.4, -0.2) is 37.4 Å². The topological polar surface area (TPSA) is 35.5 Å². The number of rotatable bonds is 8. The fraction of sp³-hybridized carbons (Fsp3) is 0.625. The van der Waals surface area contributed by atoms with Crippen molar-refractivity contribution in [1.29, 1.82) is 0 Å². The highest BCUT2D eigenvalue weighted by Crippen LogP contribution is 2.19. The maximum absolute atomic E-state index is 9.47. The maximum Gasteiger partial charge on any atom is 0.0610 e. The lowest BCUT2D eigenvalue weighted by molar-refractivity contribution is 0.166. The van der Waals surface area contributed by atoms with Crippen molar-refractivity contribution in [2.45, 2.75) is 39.2 Å². The first kappa shape index (κ1) is 16.0. The number of nitrogens with one attached hydrogen (secondary N) is 1. The third-order valence-corrected chi connectivity index (χ3v) is 3.70. The zero-order valence-corrected chi connectivity index (χ0v) is 12.7. The highest BCUT2D eigenvalue weighted by molar-refractivity contribution is 5.52. The fourth-order valence-electron chi connectivity index (χ4n) is 2.47. The first-order valence-corrected chi connectivity index (χ1v) is 7.15. The number of nitrogens with zero attached hydrogens (tertiary/aromatic N) is 1. The molecule has 0 aliphatic carbocycles. The van der Waals surface area contributed by atoms with Crippen LogP contribution < -0.4 is 10.2 Å². The lowest BCUT2D eigenvalue weighted by atomic mass is 9.96. The third kappa shape index (κ3) is 4.84. The van der Waals surface area contributed by atoms with Crippen LogP contribution in [0, 0.1) is 6.92 Å². The summed E-state index contributed by atoms with van der Waals surface area (Å²) in [4.78, 5) is 2.29. The van der Waals surface area contributed by atoms with Gasteiger partial charge in [-0.1, -0.05) is 25.1 Å². The van der Waals surface area contributed by atoms with E-state index in [9.17, 15) is 5.11 Å². The van der Waals surface area contributed by atoms with E-state index in [-0.39, 0.29) is 12.1 Å². The molecule has 0 saturated carbocycles. The van der Waals surface area contributed by atoms with Crippen LogP contribution >= 0.6 is 0 Å². The van der Waals surface area contributed by atoms with E-state index in [1.165, 1.54) is 11.3 Å². The lowest BCUT2D eigenvalue weighted by Gasteiger charge is -2.30. The molecule has 0 aromatic heterocycles. The molecule has 3 nitrogen and oxygen atoms in total. The average molecular weight is 264 g/mol. The molecule has 3 heteroatoms. The Bertz CT molecular complexity index is 381. The largest absolute Gasteiger partial charge is 0.394 e. The van der Waals surface area contributed by atoms with Gasteiger partial charge in [-0.3, -0.25) is 0 Å². The second-order valence-corrected chi connectivity index (χ2v) is 5.56. The molecule has 1 unspecified atom stereocenters. The third-order valence-electron chi connectivity index (χ3n) is 3.70. The monoisotopic (exact) mass is 264 g/mol. The van der Waals surface area contributed by atoms with Crippen molar-refractivity contribution in [2.24, 2.45) is 0 Å². The van der Waals surface area contributed by atoms with Gasteiger partial charge in [0.1, 0.15) is 0 Å². The second-order valence-electron chi connectivity index (χ2n) is 5.56. The van der Waals surface area contributed by atoms with Gasteiger partial charge in [-0.05, 0) is 44.9 Å². The van der Waals surface area contributed by atoms with Crippen molar-refractivity contribution in [3.8, 4) is 0 Å². The molecule has 0 saturated heterocycles. The van der Waals surface area contributed by atoms with Crippen LogP contribution in [0.5, 0.6) is 0 Å². The Morgan fingerprint density at radius 1 is 1.32 bits per heavy atom. The van der Waals surface area contributed by atoms with E-state index in [2.05, 4.69) is 62.3 Å². The van der Waals surface area contributed by atoms with Crippen LogP contribution in [0.15, 0.2) is 24.3 Å². The number of benzene rings is 1. The van der Waals surface area contributed by atoms with Crippen LogP contribution in [0.2, 0.25) is 0 Å². The number of hydrogen-bond donors (Lipinski definition) is 2. The molecule has 0 fully saturated rings. The second kappa shape index (κ2) is 7.51. The van der Waals surface area contributed by atoms with Crippen molar-refractivity contribution in [2.75, 3.05) is 31.6 Å². The SMILES string of the molecule is CCNC(C)(CO)CCCN(C)c1ccccc1C. The zero-order chi connectivity index (χ0) is 14.3. The number of likely N-dealkylation sites (N-methyl/N-ethyl adjacent to an activating group) is 1. The Morgan fingerprint density at radius 3 is 2.58 bits per heavy atom. The quantitative estimate of drug-likeness (QED) is 0.757. The first-order valence-electron chi connectivity index (χ1n) is 7.15. The van der Waals surface area contributed by atoms with Gasteiger partial charge in [-0.15, -0.1) is 0 Å². The van der Waals surface area contributed by atoms with E-state index in [0.717, 1.165) is 25.9 Å². The Kier molecular flexibility index (Phi) is 6.32. The molecule has 1 atom stereocenters. The van der Waals surface area contributed by atoms with Crippen molar-refractivity contribution >= 4 is 5.69 Å². The first-order chi connectivity index (χ1) is 9.02. The van der Waals surface area contributed by atoms with Gasteiger partial charge < -0.3 is 15.3 Å². The molecule has 2 N–H and O–H groups in total. The number of aliphatic hydroxyl groups excluding tert-OH is 1. The summed E-state index contributed by atoms with van der Waals surface area (Å²) in [5.41, 5.74) is 2.44. The number of anilines is 1. The Labute approximate surface area is 117 Å². The summed E-state index contributed by atoms with van der Waals surface area (Å²) in [6.45, 7) is 8.39. The lowest BCUT2D eigenvalue weighted by Crippen LogP contribution is -2.46. The van der Waals surface area contributed by atoms with Crippen LogP contribution in [0.4, 0.5) is 5.69 Å². The van der Waals surface area contributed by atoms with Gasteiger partial charge in [0.15, 0.2) is 0 Å². The minimum Gasteiger partial charge on any atom is -0.394 e. The standard InChI is InChI=1S/C16H28N2O/c1-5-17-16(3,13-19)11-8-12-18(4)15-10-7-6-9-14(15)2/h6-7,9-10,17,19H,5,8,11-13H2,1-4H3. The van der Waals surface area contributed by atoms with Crippen molar-refractivity contribution in [3.05, 3.63) is 29.8 Å². The van der Waals surface area contributed by atoms with E-state index in [0.29, 0.717) is 0 Å². The van der Waals surface area contributed by atoms with Gasteiger partial charge in [0, 0.05) is 24.8 Å². The Morgan fingerprint density at radius 2 is 2.00 bits per heavy atom. The minimum atomic E-state index is -0.151. The van der Waals surface area contributed by atoms with Gasteiger partial charge in [0.05, 0.1) is 6.61 Å². The Hall–Kier alpha value is -1.06. The smallest absolute Gasteiger partial charge is 0.0610 e. The summed E-state index contributed by atoms with van der Waals surface area (Å²) in [7, 11) is 2.13. The molecule has 108 valence electrons. The van der Waals surface area contributed by atoms with Crippen molar-refractivity contribution in [1.82, 2.24) is 5.32 Å². The van der Waals surface area contributed by atoms with E-state index < -0.39 is 0 Å². The molecular formula is C16H28N2O. The van der Waals surface area contributed by atoms with Gasteiger partial charge in [-0.2, -0.15) is 0 Å². The molecule has 0 bridgehead atoms. The van der Waals surface area contributed by atoms with E-state index in [1.807, 2.05) is 0 Å². The molecule has 0 amide bonds. The average Bonchev–Trinajstić information content (AvgIpc) is 2.39. The summed E-state index contributed by atoms with van der Waals surface area (Å²) in [5, 5.41) is 12.8. The minimum absolute atomic E-state index is 0.151. The number of hydrogen-bond acceptors (Lipinski definition) is 3. The maximum atomic E-state index is 9.47. The summed E-state index contributed by atoms with van der Waals surface area (Å²) in [6.07, 6.45) is 2.04. The molecule has 0 heterocycles. The van der Waals surface area contributed by atoms with Crippen LogP contribution in [0.25, 0.3) is 0 Å². The molecule has 1 rings (SSSR count). The van der Waals surface area contributed by atoms with Gasteiger partial charge in [-0.25, -0.2) is 0 Å². The molecule has 0 aliphatic heterocycles. The van der Waals surface area contributed by atoms with Gasteiger partial charge >= 0.3 is 0 Å². The predicted octanol–water partition coefficient (Wildman–Crippen LogP) is 2.57. The van der Waals surface area contributed by atoms with E-state index in [4.69, 9.17) is 0 Å².